The molecule has 1 unspecified atom stereocenters. The number of hydrogen-bond acceptors (Lipinski definition) is 8. The van der Waals surface area contributed by atoms with E-state index in [1.807, 2.05) is 44.2 Å². The van der Waals surface area contributed by atoms with E-state index in [0.29, 0.717) is 12.1 Å². The number of halogens is 4. The number of aliphatic hydroxyl groups is 2. The minimum atomic E-state index is -5.29. The molecule has 49 heavy (non-hydrogen) atoms. The van der Waals surface area contributed by atoms with Crippen LogP contribution in [0.1, 0.15) is 47.1 Å². The summed E-state index contributed by atoms with van der Waals surface area (Å²) in [4.78, 5) is 17.4. The smallest absolute Gasteiger partial charge is 0.424 e. The number of methoxy groups -OCH3 is 1. The van der Waals surface area contributed by atoms with E-state index in [4.69, 9.17) is 19.3 Å². The predicted octanol–water partition coefficient (Wildman–Crippen LogP) is 5.45. The van der Waals surface area contributed by atoms with Crippen molar-refractivity contribution in [3.05, 3.63) is 107 Å². The molecule has 260 valence electrons. The topological polar surface area (TPSA) is 122 Å². The molecule has 1 amide bonds. The number of amides is 1. The van der Waals surface area contributed by atoms with Crippen LogP contribution in [0.5, 0.6) is 17.2 Å². The third kappa shape index (κ3) is 7.48. The van der Waals surface area contributed by atoms with Gasteiger partial charge in [0.05, 0.1) is 32.6 Å². The lowest BCUT2D eigenvalue weighted by atomic mass is 9.82. The molecule has 0 fully saturated rings. The second-order valence-electron chi connectivity index (χ2n) is 12.1. The number of ether oxygens (including phenoxy) is 3. The van der Waals surface area contributed by atoms with E-state index in [9.17, 15) is 27.5 Å². The second kappa shape index (κ2) is 14.4. The third-order valence-electron chi connectivity index (χ3n) is 8.55. The number of rotatable bonds is 13. The molecule has 0 saturated heterocycles. The predicted molar refractivity (Wildman–Crippen MR) is 173 cm³/mol. The number of aliphatic hydroxyl groups excluding tert-OH is 1. The molecule has 0 radical (unpaired) electrons. The number of pyridine rings is 1. The summed E-state index contributed by atoms with van der Waals surface area (Å²) in [7, 11) is 1.32. The highest BCUT2D eigenvalue weighted by Gasteiger charge is 2.57. The Kier molecular flexibility index (Phi) is 10.5. The van der Waals surface area contributed by atoms with Crippen molar-refractivity contribution in [1.29, 1.82) is 0 Å². The Morgan fingerprint density at radius 1 is 1.06 bits per heavy atom. The zero-order valence-corrected chi connectivity index (χ0v) is 27.1. The fourth-order valence-electron chi connectivity index (χ4n) is 5.57. The lowest BCUT2D eigenvalue weighted by Crippen LogP contribution is -2.51. The summed E-state index contributed by atoms with van der Waals surface area (Å²) in [5, 5.41) is 26.1. The van der Waals surface area contributed by atoms with Crippen LogP contribution in [-0.2, 0) is 11.0 Å². The Hall–Kier alpha value is -4.72. The van der Waals surface area contributed by atoms with Gasteiger partial charge in [-0.1, -0.05) is 37.3 Å². The summed E-state index contributed by atoms with van der Waals surface area (Å²) in [6.45, 7) is 2.59. The van der Waals surface area contributed by atoms with E-state index in [-0.39, 0.29) is 59.9 Å². The quantitative estimate of drug-likeness (QED) is 0.137. The highest BCUT2D eigenvalue weighted by atomic mass is 19.4. The van der Waals surface area contributed by atoms with E-state index in [1.54, 1.807) is 0 Å². The van der Waals surface area contributed by atoms with Crippen LogP contribution in [0.2, 0.25) is 0 Å². The van der Waals surface area contributed by atoms with Crippen LogP contribution in [0.3, 0.4) is 0 Å². The number of fused-ring (bicyclic) bond motifs is 1. The summed E-state index contributed by atoms with van der Waals surface area (Å²) in [5.74, 6) is -0.932. The summed E-state index contributed by atoms with van der Waals surface area (Å²) in [6, 6.07) is 19.7. The first-order valence-corrected chi connectivity index (χ1v) is 15.5. The fourth-order valence-corrected chi connectivity index (χ4v) is 5.57. The van der Waals surface area contributed by atoms with Gasteiger partial charge in [-0.15, -0.1) is 0 Å². The normalized spacial score (nSPS) is 17.4. The van der Waals surface area contributed by atoms with Gasteiger partial charge in [0.25, 0.3) is 5.91 Å². The van der Waals surface area contributed by atoms with Crippen LogP contribution in [0.15, 0.2) is 78.9 Å². The van der Waals surface area contributed by atoms with Crippen LogP contribution in [0, 0.1) is 5.82 Å². The Morgan fingerprint density at radius 3 is 2.43 bits per heavy atom. The summed E-state index contributed by atoms with van der Waals surface area (Å²) in [5.41, 5.74) is -3.70. The number of carbonyl (C=O) groups excluding carboxylic acids is 1. The molecule has 1 aliphatic rings. The number of aromatic nitrogens is 1. The van der Waals surface area contributed by atoms with Crippen molar-refractivity contribution in [3.8, 4) is 28.5 Å². The van der Waals surface area contributed by atoms with E-state index >= 15 is 0 Å². The van der Waals surface area contributed by atoms with Gasteiger partial charge in [-0.05, 0) is 61.0 Å². The van der Waals surface area contributed by atoms with Gasteiger partial charge in [0, 0.05) is 34.7 Å². The zero-order chi connectivity index (χ0) is 35.4. The first kappa shape index (κ1) is 35.6. The fraction of sp³-hybridized carbons (Fsp3) is 0.333. The van der Waals surface area contributed by atoms with Gasteiger partial charge >= 0.3 is 6.18 Å². The standard InChI is InChI=1S/C36H37F4N3O6/c1-22(23-7-5-4-6-8-23)41-19-34(2)21-49-32-27(34)18-30(43-31(32)24-9-12-26(37)13-10-24)35(46,36(38,39)40)20-42-33(45)25-11-14-28(48-16-15-44)29(17-25)47-3/h4-14,17-18,22,41,44,46H,15-16,19-21H2,1-3H3,(H,42,45)/t22-,34+,35?/m0/s1. The van der Waals surface area contributed by atoms with Crippen molar-refractivity contribution in [2.24, 2.45) is 0 Å². The molecule has 4 aromatic rings. The average Bonchev–Trinajstić information content (AvgIpc) is 3.44. The Bertz CT molecular complexity index is 1770. The number of carbonyl (C=O) groups is 1. The molecule has 3 aromatic carbocycles. The van der Waals surface area contributed by atoms with Gasteiger partial charge in [-0.3, -0.25) is 4.79 Å². The highest BCUT2D eigenvalue weighted by molar-refractivity contribution is 5.95. The lowest BCUT2D eigenvalue weighted by molar-refractivity contribution is -0.265. The maximum absolute atomic E-state index is 14.9. The molecule has 5 rings (SSSR count). The molecule has 4 N–H and O–H groups in total. The van der Waals surface area contributed by atoms with Crippen LogP contribution in [-0.4, -0.2) is 67.3 Å². The first-order valence-electron chi connectivity index (χ1n) is 15.5. The molecule has 9 nitrogen and oxygen atoms in total. The number of nitrogens with zero attached hydrogens (tertiary/aromatic N) is 1. The Morgan fingerprint density at radius 2 is 1.78 bits per heavy atom. The number of benzene rings is 3. The van der Waals surface area contributed by atoms with Crippen LogP contribution in [0.4, 0.5) is 17.6 Å². The monoisotopic (exact) mass is 683 g/mol. The van der Waals surface area contributed by atoms with E-state index < -0.39 is 41.2 Å². The number of alkyl halides is 3. The second-order valence-corrected chi connectivity index (χ2v) is 12.1. The number of nitrogens with one attached hydrogen (secondary N) is 2. The molecular weight excluding hydrogens is 646 g/mol. The minimum absolute atomic E-state index is 0.00969. The average molecular weight is 684 g/mol. The van der Waals surface area contributed by atoms with E-state index in [1.165, 1.54) is 43.5 Å². The summed E-state index contributed by atoms with van der Waals surface area (Å²) >= 11 is 0. The van der Waals surface area contributed by atoms with Crippen molar-refractivity contribution in [2.75, 3.05) is 40.0 Å². The van der Waals surface area contributed by atoms with Gasteiger partial charge < -0.3 is 35.1 Å². The van der Waals surface area contributed by atoms with Crippen molar-refractivity contribution < 1.29 is 46.8 Å². The number of hydrogen-bond donors (Lipinski definition) is 4. The molecule has 2 heterocycles. The third-order valence-corrected chi connectivity index (χ3v) is 8.55. The SMILES string of the molecule is COc1cc(C(=O)NCC(O)(c2cc3c(c(-c4ccc(F)cc4)n2)OC[C@@]3(C)CN[C@@H](C)c2ccccc2)C(F)(F)F)ccc1OCCO. The van der Waals surface area contributed by atoms with Crippen molar-refractivity contribution in [1.82, 2.24) is 15.6 Å². The lowest BCUT2D eigenvalue weighted by Gasteiger charge is -2.32. The Labute approximate surface area is 280 Å². The van der Waals surface area contributed by atoms with Crippen LogP contribution in [0.25, 0.3) is 11.3 Å². The molecular formula is C36H37F4N3O6. The molecule has 0 spiro atoms. The molecule has 13 heteroatoms. The van der Waals surface area contributed by atoms with Crippen molar-refractivity contribution >= 4 is 5.91 Å². The van der Waals surface area contributed by atoms with Gasteiger partial charge in [0.1, 0.15) is 23.9 Å². The zero-order valence-electron chi connectivity index (χ0n) is 27.1. The van der Waals surface area contributed by atoms with Gasteiger partial charge in [0.15, 0.2) is 11.5 Å². The first-order chi connectivity index (χ1) is 23.3. The Balaban J connectivity index is 1.51. The van der Waals surface area contributed by atoms with Crippen LogP contribution < -0.4 is 24.8 Å². The highest BCUT2D eigenvalue weighted by Crippen LogP contribution is 2.48. The summed E-state index contributed by atoms with van der Waals surface area (Å²) in [6.07, 6.45) is -5.29. The van der Waals surface area contributed by atoms with E-state index in [2.05, 4.69) is 15.6 Å². The molecule has 0 saturated carbocycles. The van der Waals surface area contributed by atoms with E-state index in [0.717, 1.165) is 17.7 Å². The largest absolute Gasteiger partial charge is 0.493 e. The molecule has 3 atom stereocenters. The molecule has 0 aliphatic carbocycles. The van der Waals surface area contributed by atoms with Crippen molar-refractivity contribution in [3.63, 3.8) is 0 Å². The van der Waals surface area contributed by atoms with Crippen LogP contribution >= 0.6 is 0 Å². The van der Waals surface area contributed by atoms with Gasteiger partial charge in [0.2, 0.25) is 5.60 Å². The summed E-state index contributed by atoms with van der Waals surface area (Å²) < 4.78 is 75.2. The van der Waals surface area contributed by atoms with Crippen molar-refractivity contribution in [2.45, 2.75) is 37.1 Å². The maximum atomic E-state index is 14.9. The maximum Gasteiger partial charge on any atom is 0.424 e. The molecule has 1 aliphatic heterocycles. The molecule has 0 bridgehead atoms. The van der Waals surface area contributed by atoms with Gasteiger partial charge in [-0.25, -0.2) is 9.37 Å². The molecule has 1 aromatic heterocycles. The van der Waals surface area contributed by atoms with Gasteiger partial charge in [-0.2, -0.15) is 13.2 Å². The minimum Gasteiger partial charge on any atom is -0.493 e.